The van der Waals surface area contributed by atoms with Gasteiger partial charge in [-0.3, -0.25) is 5.10 Å². The molecule has 0 aliphatic heterocycles. The van der Waals surface area contributed by atoms with Gasteiger partial charge in [0.15, 0.2) is 0 Å². The van der Waals surface area contributed by atoms with E-state index in [1.807, 2.05) is 0 Å². The first kappa shape index (κ1) is 9.13. The number of hydrogen-bond acceptors (Lipinski definition) is 4. The van der Waals surface area contributed by atoms with Gasteiger partial charge in [-0.05, 0) is 6.07 Å². The van der Waals surface area contributed by atoms with Crippen molar-refractivity contribution in [3.8, 4) is 0 Å². The zero-order valence-corrected chi connectivity index (χ0v) is 7.53. The second-order valence-corrected chi connectivity index (χ2v) is 2.64. The molecule has 0 atom stereocenters. The lowest BCUT2D eigenvalue weighted by Crippen LogP contribution is -2.24. The molecule has 7 nitrogen and oxygen atoms in total. The Balaban J connectivity index is 2.42. The number of aromatic amines is 1. The third-order valence-electron chi connectivity index (χ3n) is 1.73. The molecule has 0 saturated carbocycles. The molecule has 76 valence electrons. The molecule has 0 aromatic carbocycles. The maximum atomic E-state index is 11.0. The molecule has 15 heavy (non-hydrogen) atoms. The Bertz CT molecular complexity index is 441. The molecule has 0 fully saturated rings. The summed E-state index contributed by atoms with van der Waals surface area (Å²) in [6, 6.07) is 1.50. The Morgan fingerprint density at radius 2 is 2.40 bits per heavy atom. The molecular formula is C8H7N5O2. The van der Waals surface area contributed by atoms with Crippen molar-refractivity contribution >= 4 is 17.6 Å². The summed E-state index contributed by atoms with van der Waals surface area (Å²) in [5.41, 5.74) is 0.404. The normalized spacial score (nSPS) is 9.87. The summed E-state index contributed by atoms with van der Waals surface area (Å²) >= 11 is 0. The fourth-order valence-corrected chi connectivity index (χ4v) is 1.12. The highest BCUT2D eigenvalue weighted by Gasteiger charge is 2.18. The van der Waals surface area contributed by atoms with E-state index in [0.717, 1.165) is 4.90 Å². The summed E-state index contributed by atoms with van der Waals surface area (Å²) in [5, 5.41) is 15.2. The molecule has 2 heterocycles. The number of H-pyrrole nitrogens is 1. The number of rotatable bonds is 2. The van der Waals surface area contributed by atoms with Crippen molar-refractivity contribution in [3.05, 3.63) is 31.0 Å². The van der Waals surface area contributed by atoms with E-state index in [-0.39, 0.29) is 5.82 Å². The highest BCUT2D eigenvalue weighted by molar-refractivity contribution is 5.93. The first-order valence-electron chi connectivity index (χ1n) is 4.07. The third-order valence-corrected chi connectivity index (χ3v) is 1.73. The average Bonchev–Trinajstić information content (AvgIpc) is 2.72. The predicted molar refractivity (Wildman–Crippen MR) is 50.8 cm³/mol. The summed E-state index contributed by atoms with van der Waals surface area (Å²) in [5.74, 6) is 0.277. The van der Waals surface area contributed by atoms with Crippen LogP contribution in [-0.2, 0) is 0 Å². The predicted octanol–water partition coefficient (Wildman–Crippen LogP) is 1.02. The zero-order valence-electron chi connectivity index (χ0n) is 7.53. The van der Waals surface area contributed by atoms with Crippen LogP contribution in [0.1, 0.15) is 0 Å². The lowest BCUT2D eigenvalue weighted by molar-refractivity contribution is 0.204. The molecule has 7 heteroatoms. The molecule has 2 rings (SSSR count). The van der Waals surface area contributed by atoms with E-state index in [9.17, 15) is 4.79 Å². The van der Waals surface area contributed by atoms with Gasteiger partial charge in [-0.15, -0.1) is 0 Å². The lowest BCUT2D eigenvalue weighted by atomic mass is 10.4. The molecule has 2 N–H and O–H groups in total. The summed E-state index contributed by atoms with van der Waals surface area (Å²) in [6.07, 6.45) is 4.49. The summed E-state index contributed by atoms with van der Waals surface area (Å²) in [6.45, 7) is 0. The highest BCUT2D eigenvalue weighted by atomic mass is 16.4. The molecule has 0 aliphatic rings. The number of nitrogens with zero attached hydrogens (tertiary/aromatic N) is 4. The van der Waals surface area contributed by atoms with E-state index >= 15 is 0 Å². The standard InChI is InChI=1S/C8H7N5O2/c14-8(15)13(6-3-11-12-4-6)7-1-2-9-5-10-7/h1-5H,(H,11,12)(H,14,15). The summed E-state index contributed by atoms with van der Waals surface area (Å²) in [4.78, 5) is 19.6. The van der Waals surface area contributed by atoms with Gasteiger partial charge in [0.2, 0.25) is 0 Å². The van der Waals surface area contributed by atoms with Crippen LogP contribution >= 0.6 is 0 Å². The molecule has 2 aromatic rings. The molecule has 0 bridgehead atoms. The minimum absolute atomic E-state index is 0.277. The van der Waals surface area contributed by atoms with Gasteiger partial charge in [0.05, 0.1) is 11.9 Å². The van der Waals surface area contributed by atoms with Crippen LogP contribution in [0.25, 0.3) is 0 Å². The molecule has 1 amide bonds. The highest BCUT2D eigenvalue weighted by Crippen LogP contribution is 2.20. The van der Waals surface area contributed by atoms with E-state index in [0.29, 0.717) is 5.69 Å². The third kappa shape index (κ3) is 1.75. The van der Waals surface area contributed by atoms with Gasteiger partial charge in [0, 0.05) is 12.4 Å². The van der Waals surface area contributed by atoms with Gasteiger partial charge < -0.3 is 5.11 Å². The van der Waals surface area contributed by atoms with Crippen LogP contribution < -0.4 is 4.90 Å². The van der Waals surface area contributed by atoms with Gasteiger partial charge >= 0.3 is 6.09 Å². The Hall–Kier alpha value is -2.44. The molecule has 2 aromatic heterocycles. The van der Waals surface area contributed by atoms with Crippen LogP contribution in [0.3, 0.4) is 0 Å². The minimum atomic E-state index is -1.13. The zero-order chi connectivity index (χ0) is 10.7. The number of carbonyl (C=O) groups is 1. The largest absolute Gasteiger partial charge is 0.464 e. The van der Waals surface area contributed by atoms with Crippen LogP contribution in [0.2, 0.25) is 0 Å². The number of amides is 1. The maximum absolute atomic E-state index is 11.0. The SMILES string of the molecule is O=C(O)N(c1cn[nH]c1)c1ccncn1. The maximum Gasteiger partial charge on any atom is 0.417 e. The average molecular weight is 205 g/mol. The number of nitrogens with one attached hydrogen (secondary N) is 1. The molecule has 0 radical (unpaired) electrons. The fourth-order valence-electron chi connectivity index (χ4n) is 1.12. The number of anilines is 2. The lowest BCUT2D eigenvalue weighted by Gasteiger charge is -2.14. The first-order chi connectivity index (χ1) is 7.29. The van der Waals surface area contributed by atoms with Crippen LogP contribution in [0.15, 0.2) is 31.0 Å². The van der Waals surface area contributed by atoms with Crippen molar-refractivity contribution < 1.29 is 9.90 Å². The minimum Gasteiger partial charge on any atom is -0.464 e. The van der Waals surface area contributed by atoms with Gasteiger partial charge in [0.1, 0.15) is 12.1 Å². The van der Waals surface area contributed by atoms with Crippen molar-refractivity contribution in [2.45, 2.75) is 0 Å². The first-order valence-corrected chi connectivity index (χ1v) is 4.07. The Morgan fingerprint density at radius 3 is 2.93 bits per heavy atom. The molecule has 0 aliphatic carbocycles. The van der Waals surface area contributed by atoms with E-state index < -0.39 is 6.09 Å². The number of carboxylic acid groups (broad SMARTS) is 1. The molecular weight excluding hydrogens is 198 g/mol. The molecule has 0 unspecified atom stereocenters. The topological polar surface area (TPSA) is 95.0 Å². The smallest absolute Gasteiger partial charge is 0.417 e. The Labute approximate surface area is 84.4 Å². The van der Waals surface area contributed by atoms with Crippen molar-refractivity contribution in [2.24, 2.45) is 0 Å². The Kier molecular flexibility index (Phi) is 2.28. The van der Waals surface area contributed by atoms with Gasteiger partial charge in [-0.25, -0.2) is 19.7 Å². The van der Waals surface area contributed by atoms with Crippen molar-refractivity contribution in [1.82, 2.24) is 20.2 Å². The molecule has 0 spiro atoms. The van der Waals surface area contributed by atoms with E-state index in [4.69, 9.17) is 5.11 Å². The van der Waals surface area contributed by atoms with E-state index in [1.165, 1.54) is 31.0 Å². The van der Waals surface area contributed by atoms with Crippen LogP contribution in [0.4, 0.5) is 16.3 Å². The van der Waals surface area contributed by atoms with Crippen LogP contribution in [0.5, 0.6) is 0 Å². The van der Waals surface area contributed by atoms with E-state index in [2.05, 4.69) is 20.2 Å². The fraction of sp³-hybridized carbons (Fsp3) is 0. The Morgan fingerprint density at radius 1 is 1.53 bits per heavy atom. The van der Waals surface area contributed by atoms with Crippen LogP contribution in [-0.4, -0.2) is 31.4 Å². The van der Waals surface area contributed by atoms with Crippen molar-refractivity contribution in [1.29, 1.82) is 0 Å². The van der Waals surface area contributed by atoms with Gasteiger partial charge in [0.25, 0.3) is 0 Å². The van der Waals surface area contributed by atoms with Gasteiger partial charge in [-0.1, -0.05) is 0 Å². The molecule has 0 saturated heterocycles. The second kappa shape index (κ2) is 3.74. The summed E-state index contributed by atoms with van der Waals surface area (Å²) < 4.78 is 0. The van der Waals surface area contributed by atoms with Gasteiger partial charge in [-0.2, -0.15) is 5.10 Å². The van der Waals surface area contributed by atoms with E-state index in [1.54, 1.807) is 0 Å². The van der Waals surface area contributed by atoms with Crippen molar-refractivity contribution in [2.75, 3.05) is 4.90 Å². The summed E-state index contributed by atoms with van der Waals surface area (Å²) in [7, 11) is 0. The van der Waals surface area contributed by atoms with Crippen LogP contribution in [0, 0.1) is 0 Å². The van der Waals surface area contributed by atoms with Crippen molar-refractivity contribution in [3.63, 3.8) is 0 Å². The quantitative estimate of drug-likeness (QED) is 0.762. The monoisotopic (exact) mass is 205 g/mol. The number of hydrogen-bond donors (Lipinski definition) is 2. The number of aromatic nitrogens is 4. The second-order valence-electron chi connectivity index (χ2n) is 2.64.